The van der Waals surface area contributed by atoms with E-state index in [9.17, 15) is 4.79 Å². The van der Waals surface area contributed by atoms with Crippen molar-refractivity contribution >= 4 is 5.97 Å². The van der Waals surface area contributed by atoms with E-state index in [0.717, 1.165) is 24.2 Å². The standard InChI is InChI=1S/C24H38O2/c1-16(7-12-22(25)26)19-10-11-20-18-9-8-17-6-4-5-14-23(17,2)21(18)13-15-24(19,20)3/h9,16-17,19-21H,4-8,10-15H2,1-3H3,(H,25,26)/t16-,17?,19-,20+,21+,23+,24-/m1/s1. The predicted octanol–water partition coefficient (Wildman–Crippen LogP) is 6.46. The first-order valence-electron chi connectivity index (χ1n) is 11.3. The van der Waals surface area contributed by atoms with Gasteiger partial charge >= 0.3 is 5.97 Å². The van der Waals surface area contributed by atoms with Crippen LogP contribution in [0.15, 0.2) is 11.6 Å². The molecular formula is C24H38O2. The van der Waals surface area contributed by atoms with E-state index in [-0.39, 0.29) is 0 Å². The van der Waals surface area contributed by atoms with Crippen molar-refractivity contribution in [2.45, 2.75) is 91.4 Å². The number of fused-ring (bicyclic) bond motifs is 5. The molecule has 7 atom stereocenters. The van der Waals surface area contributed by atoms with Crippen LogP contribution in [0.2, 0.25) is 0 Å². The van der Waals surface area contributed by atoms with Crippen molar-refractivity contribution in [3.8, 4) is 0 Å². The minimum atomic E-state index is -0.633. The van der Waals surface area contributed by atoms with Crippen LogP contribution in [0.3, 0.4) is 0 Å². The highest BCUT2D eigenvalue weighted by Crippen LogP contribution is 2.66. The lowest BCUT2D eigenvalue weighted by Crippen LogP contribution is -2.48. The maximum Gasteiger partial charge on any atom is 0.303 e. The fourth-order valence-corrected chi connectivity index (χ4v) is 8.07. The summed E-state index contributed by atoms with van der Waals surface area (Å²) in [6.45, 7) is 7.50. The van der Waals surface area contributed by atoms with Crippen molar-refractivity contribution in [1.29, 1.82) is 0 Å². The van der Waals surface area contributed by atoms with Gasteiger partial charge in [-0.05, 0) is 91.8 Å². The second kappa shape index (κ2) is 6.67. The quantitative estimate of drug-likeness (QED) is 0.586. The Labute approximate surface area is 159 Å². The smallest absolute Gasteiger partial charge is 0.303 e. The molecule has 0 heterocycles. The molecule has 0 amide bonds. The number of hydrogen-bond donors (Lipinski definition) is 1. The normalized spacial score (nSPS) is 45.9. The van der Waals surface area contributed by atoms with Crippen LogP contribution in [-0.2, 0) is 4.79 Å². The highest BCUT2D eigenvalue weighted by atomic mass is 16.4. The molecule has 0 bridgehead atoms. The Morgan fingerprint density at radius 3 is 2.65 bits per heavy atom. The molecule has 0 spiro atoms. The largest absolute Gasteiger partial charge is 0.481 e. The molecule has 0 saturated heterocycles. The summed E-state index contributed by atoms with van der Waals surface area (Å²) in [5, 5.41) is 9.09. The lowest BCUT2D eigenvalue weighted by Gasteiger charge is -2.57. The Morgan fingerprint density at radius 1 is 1.12 bits per heavy atom. The Balaban J connectivity index is 1.56. The van der Waals surface area contributed by atoms with Crippen LogP contribution in [0.4, 0.5) is 0 Å². The maximum absolute atomic E-state index is 11.0. The molecule has 4 aliphatic rings. The average Bonchev–Trinajstić information content (AvgIpc) is 2.96. The summed E-state index contributed by atoms with van der Waals surface area (Å²) in [6, 6.07) is 0. The average molecular weight is 359 g/mol. The van der Waals surface area contributed by atoms with Crippen LogP contribution in [-0.4, -0.2) is 11.1 Å². The lowest BCUT2D eigenvalue weighted by atomic mass is 9.48. The molecule has 4 aliphatic carbocycles. The zero-order valence-corrected chi connectivity index (χ0v) is 17.1. The van der Waals surface area contributed by atoms with Gasteiger partial charge in [-0.2, -0.15) is 0 Å². The fraction of sp³-hybridized carbons (Fsp3) is 0.875. The Bertz CT molecular complexity index is 593. The molecule has 146 valence electrons. The summed E-state index contributed by atoms with van der Waals surface area (Å²) < 4.78 is 0. The minimum absolute atomic E-state index is 0.337. The molecular weight excluding hydrogens is 320 g/mol. The van der Waals surface area contributed by atoms with Gasteiger partial charge < -0.3 is 5.11 Å². The number of carboxylic acid groups (broad SMARTS) is 1. The molecule has 0 aromatic heterocycles. The number of allylic oxidation sites excluding steroid dienone is 2. The summed E-state index contributed by atoms with van der Waals surface area (Å²) in [4.78, 5) is 11.0. The highest BCUT2D eigenvalue weighted by Gasteiger charge is 2.57. The Hall–Kier alpha value is -0.790. The molecule has 2 heteroatoms. The van der Waals surface area contributed by atoms with Crippen molar-refractivity contribution in [2.75, 3.05) is 0 Å². The number of rotatable bonds is 4. The van der Waals surface area contributed by atoms with Crippen LogP contribution in [0.5, 0.6) is 0 Å². The zero-order chi connectivity index (χ0) is 18.5. The SMILES string of the molecule is C[C@H](CCC(=O)O)[C@H]1CC[C@H]2C3=CCC4CCCC[C@]4(C)[C@H]3CC[C@]12C. The van der Waals surface area contributed by atoms with Gasteiger partial charge in [-0.1, -0.05) is 45.3 Å². The summed E-state index contributed by atoms with van der Waals surface area (Å²) >= 11 is 0. The summed E-state index contributed by atoms with van der Waals surface area (Å²) in [5.74, 6) is 3.17. The van der Waals surface area contributed by atoms with Gasteiger partial charge in [0.25, 0.3) is 0 Å². The second-order valence-electron chi connectivity index (χ2n) is 10.6. The summed E-state index contributed by atoms with van der Waals surface area (Å²) in [5.41, 5.74) is 2.82. The summed E-state index contributed by atoms with van der Waals surface area (Å²) in [7, 11) is 0. The van der Waals surface area contributed by atoms with Gasteiger partial charge in [0.15, 0.2) is 0 Å². The second-order valence-corrected chi connectivity index (χ2v) is 10.6. The molecule has 0 aliphatic heterocycles. The fourth-order valence-electron chi connectivity index (χ4n) is 8.07. The van der Waals surface area contributed by atoms with Gasteiger partial charge in [0, 0.05) is 6.42 Å². The van der Waals surface area contributed by atoms with Crippen LogP contribution in [0.1, 0.15) is 91.4 Å². The summed E-state index contributed by atoms with van der Waals surface area (Å²) in [6.07, 6.45) is 16.4. The van der Waals surface area contributed by atoms with Gasteiger partial charge in [-0.15, -0.1) is 0 Å². The number of aliphatic carboxylic acids is 1. The Morgan fingerprint density at radius 2 is 1.88 bits per heavy atom. The molecule has 1 N–H and O–H groups in total. The minimum Gasteiger partial charge on any atom is -0.481 e. The van der Waals surface area contributed by atoms with Crippen molar-refractivity contribution in [3.63, 3.8) is 0 Å². The van der Waals surface area contributed by atoms with Crippen molar-refractivity contribution < 1.29 is 9.90 Å². The van der Waals surface area contributed by atoms with E-state index in [4.69, 9.17) is 5.11 Å². The topological polar surface area (TPSA) is 37.3 Å². The monoisotopic (exact) mass is 358 g/mol. The van der Waals surface area contributed by atoms with E-state index in [0.29, 0.717) is 29.1 Å². The van der Waals surface area contributed by atoms with E-state index >= 15 is 0 Å². The number of hydrogen-bond acceptors (Lipinski definition) is 1. The first-order chi connectivity index (χ1) is 12.4. The molecule has 3 saturated carbocycles. The molecule has 26 heavy (non-hydrogen) atoms. The first-order valence-corrected chi connectivity index (χ1v) is 11.3. The molecule has 3 fully saturated rings. The van der Waals surface area contributed by atoms with Crippen molar-refractivity contribution in [2.24, 2.45) is 40.4 Å². The molecule has 0 aromatic carbocycles. The molecule has 4 rings (SSSR count). The number of carbonyl (C=O) groups is 1. The van der Waals surface area contributed by atoms with Crippen LogP contribution >= 0.6 is 0 Å². The van der Waals surface area contributed by atoms with Gasteiger partial charge in [0.1, 0.15) is 0 Å². The van der Waals surface area contributed by atoms with Crippen LogP contribution < -0.4 is 0 Å². The van der Waals surface area contributed by atoms with E-state index in [2.05, 4.69) is 26.8 Å². The van der Waals surface area contributed by atoms with E-state index < -0.39 is 5.97 Å². The predicted molar refractivity (Wildman–Crippen MR) is 106 cm³/mol. The molecule has 0 radical (unpaired) electrons. The maximum atomic E-state index is 11.0. The third kappa shape index (κ3) is 2.78. The van der Waals surface area contributed by atoms with Crippen molar-refractivity contribution in [3.05, 3.63) is 11.6 Å². The van der Waals surface area contributed by atoms with Gasteiger partial charge in [-0.3, -0.25) is 4.79 Å². The van der Waals surface area contributed by atoms with E-state index in [1.165, 1.54) is 57.8 Å². The Kier molecular flexibility index (Phi) is 4.77. The van der Waals surface area contributed by atoms with Gasteiger partial charge in [0.05, 0.1) is 0 Å². The van der Waals surface area contributed by atoms with Crippen molar-refractivity contribution in [1.82, 2.24) is 0 Å². The van der Waals surface area contributed by atoms with E-state index in [1.807, 2.05) is 5.57 Å². The third-order valence-electron chi connectivity index (χ3n) is 9.57. The third-order valence-corrected chi connectivity index (χ3v) is 9.57. The van der Waals surface area contributed by atoms with Crippen LogP contribution in [0.25, 0.3) is 0 Å². The molecule has 1 unspecified atom stereocenters. The molecule has 2 nitrogen and oxygen atoms in total. The first kappa shape index (κ1) is 18.6. The highest BCUT2D eigenvalue weighted by molar-refractivity contribution is 5.66. The number of carboxylic acids is 1. The zero-order valence-electron chi connectivity index (χ0n) is 17.1. The lowest BCUT2D eigenvalue weighted by molar-refractivity contribution is -0.137. The van der Waals surface area contributed by atoms with E-state index in [1.54, 1.807) is 0 Å². The van der Waals surface area contributed by atoms with Gasteiger partial charge in [-0.25, -0.2) is 0 Å². The molecule has 0 aromatic rings. The van der Waals surface area contributed by atoms with Crippen LogP contribution in [0, 0.1) is 40.4 Å². The van der Waals surface area contributed by atoms with Gasteiger partial charge in [0.2, 0.25) is 0 Å².